The predicted octanol–water partition coefficient (Wildman–Crippen LogP) is 4.01. The van der Waals surface area contributed by atoms with E-state index in [1.807, 2.05) is 20.8 Å². The summed E-state index contributed by atoms with van der Waals surface area (Å²) in [6.45, 7) is 7.92. The number of hydrogen-bond donors (Lipinski definition) is 2. The van der Waals surface area contributed by atoms with Gasteiger partial charge < -0.3 is 16.0 Å². The van der Waals surface area contributed by atoms with Crippen LogP contribution in [0.1, 0.15) is 61.3 Å². The minimum atomic E-state index is -2.74. The summed E-state index contributed by atoms with van der Waals surface area (Å²) in [4.78, 5) is 26.9. The number of aryl methyl sites for hydroxylation is 1. The van der Waals surface area contributed by atoms with E-state index in [2.05, 4.69) is 5.32 Å². The number of hydrogen-bond acceptors (Lipinski definition) is 3. The highest BCUT2D eigenvalue weighted by atomic mass is 19.3. The molecule has 7 nitrogen and oxygen atoms in total. The smallest absolute Gasteiger partial charge is 0.318 e. The minimum absolute atomic E-state index is 0.0486. The molecule has 2 aromatic rings. The second-order valence-corrected chi connectivity index (χ2v) is 10.1. The standard InChI is InChI=1S/C23H28F3N5O2/c1-12-7-13(5-6-15(12)24)19-18(20(27)32)16-10-30(11-17(22(2,3)4)31(16)29-19)21(33)28-14-8-23(25,26)9-14/h5-7,14,17H,8-11H2,1-4H3,(H2,27,32)(H,28,33). The first-order chi connectivity index (χ1) is 15.3. The Morgan fingerprint density at radius 1 is 1.24 bits per heavy atom. The number of fused-ring (bicyclic) bond motifs is 1. The van der Waals surface area contributed by atoms with E-state index in [-0.39, 0.29) is 48.8 Å². The second kappa shape index (κ2) is 7.78. The average Bonchev–Trinajstić information content (AvgIpc) is 3.06. The molecular weight excluding hydrogens is 435 g/mol. The molecule has 178 valence electrons. The molecule has 10 heteroatoms. The number of aromatic nitrogens is 2. The molecule has 1 aliphatic heterocycles. The van der Waals surface area contributed by atoms with Gasteiger partial charge in [-0.1, -0.05) is 20.8 Å². The fourth-order valence-electron chi connectivity index (χ4n) is 4.49. The van der Waals surface area contributed by atoms with Crippen LogP contribution in [0.2, 0.25) is 0 Å². The Bertz CT molecular complexity index is 1110. The molecule has 1 unspecified atom stereocenters. The topological polar surface area (TPSA) is 93.2 Å². The fourth-order valence-corrected chi connectivity index (χ4v) is 4.49. The van der Waals surface area contributed by atoms with Crippen LogP contribution in [0.3, 0.4) is 0 Å². The van der Waals surface area contributed by atoms with Gasteiger partial charge in [0, 0.05) is 31.0 Å². The number of halogens is 3. The maximum absolute atomic E-state index is 13.8. The van der Waals surface area contributed by atoms with Crippen LogP contribution in [-0.2, 0) is 6.54 Å². The molecule has 1 fully saturated rings. The van der Waals surface area contributed by atoms with Crippen molar-refractivity contribution in [3.63, 3.8) is 0 Å². The van der Waals surface area contributed by atoms with Crippen molar-refractivity contribution >= 4 is 11.9 Å². The van der Waals surface area contributed by atoms with Gasteiger partial charge in [0.15, 0.2) is 0 Å². The highest BCUT2D eigenvalue weighted by Crippen LogP contribution is 2.40. The first-order valence-electron chi connectivity index (χ1n) is 10.9. The van der Waals surface area contributed by atoms with Gasteiger partial charge in [-0.05, 0) is 36.1 Å². The highest BCUT2D eigenvalue weighted by molar-refractivity contribution is 6.00. The molecule has 4 rings (SSSR count). The van der Waals surface area contributed by atoms with Gasteiger partial charge in [0.2, 0.25) is 0 Å². The lowest BCUT2D eigenvalue weighted by Crippen LogP contribution is -2.56. The number of rotatable bonds is 3. The van der Waals surface area contributed by atoms with E-state index in [4.69, 9.17) is 10.8 Å². The van der Waals surface area contributed by atoms with Crippen LogP contribution in [0.25, 0.3) is 11.3 Å². The van der Waals surface area contributed by atoms with E-state index in [1.165, 1.54) is 17.0 Å². The zero-order valence-electron chi connectivity index (χ0n) is 19.1. The van der Waals surface area contributed by atoms with E-state index in [0.717, 1.165) is 0 Å². The Labute approximate surface area is 190 Å². The van der Waals surface area contributed by atoms with Gasteiger partial charge >= 0.3 is 6.03 Å². The number of primary amides is 1. The van der Waals surface area contributed by atoms with Crippen molar-refractivity contribution in [3.05, 3.63) is 40.8 Å². The van der Waals surface area contributed by atoms with E-state index >= 15 is 0 Å². The minimum Gasteiger partial charge on any atom is -0.365 e. The van der Waals surface area contributed by atoms with Crippen molar-refractivity contribution in [3.8, 4) is 11.3 Å². The van der Waals surface area contributed by atoms with Crippen molar-refractivity contribution in [2.24, 2.45) is 11.1 Å². The Kier molecular flexibility index (Phi) is 5.45. The lowest BCUT2D eigenvalue weighted by molar-refractivity contribution is -0.0905. The molecule has 3 amide bonds. The Balaban J connectivity index is 1.74. The summed E-state index contributed by atoms with van der Waals surface area (Å²) in [7, 11) is 0. The molecular formula is C23H28F3N5O2. The van der Waals surface area contributed by atoms with Crippen molar-refractivity contribution < 1.29 is 22.8 Å². The number of nitrogens with one attached hydrogen (secondary N) is 1. The van der Waals surface area contributed by atoms with E-state index < -0.39 is 23.9 Å². The largest absolute Gasteiger partial charge is 0.365 e. The molecule has 0 saturated heterocycles. The van der Waals surface area contributed by atoms with Gasteiger partial charge in [-0.15, -0.1) is 0 Å². The average molecular weight is 464 g/mol. The van der Waals surface area contributed by atoms with Crippen molar-refractivity contribution in [1.82, 2.24) is 20.0 Å². The molecule has 3 N–H and O–H groups in total. The van der Waals surface area contributed by atoms with E-state index in [9.17, 15) is 22.8 Å². The molecule has 1 aliphatic carbocycles. The second-order valence-electron chi connectivity index (χ2n) is 10.1. The van der Waals surface area contributed by atoms with Gasteiger partial charge in [0.1, 0.15) is 11.5 Å². The molecule has 0 spiro atoms. The number of carbonyl (C=O) groups excluding carboxylic acids is 2. The number of carbonyl (C=O) groups is 2. The van der Waals surface area contributed by atoms with Crippen LogP contribution in [0.15, 0.2) is 18.2 Å². The number of urea groups is 1. The van der Waals surface area contributed by atoms with Gasteiger partial charge in [0.25, 0.3) is 11.8 Å². The first-order valence-corrected chi connectivity index (χ1v) is 10.9. The van der Waals surface area contributed by atoms with Crippen LogP contribution >= 0.6 is 0 Å². The summed E-state index contributed by atoms with van der Waals surface area (Å²) in [6.07, 6.45) is -0.762. The van der Waals surface area contributed by atoms with Crippen LogP contribution in [0.5, 0.6) is 0 Å². The number of nitrogens with zero attached hydrogens (tertiary/aromatic N) is 3. The highest BCUT2D eigenvalue weighted by Gasteiger charge is 2.47. The number of nitrogens with two attached hydrogens (primary N) is 1. The lowest BCUT2D eigenvalue weighted by atomic mass is 9.85. The van der Waals surface area contributed by atoms with Crippen LogP contribution in [-0.4, -0.2) is 45.1 Å². The molecule has 1 aromatic carbocycles. The number of alkyl halides is 2. The van der Waals surface area contributed by atoms with Crippen molar-refractivity contribution in [1.29, 1.82) is 0 Å². The third kappa shape index (κ3) is 4.30. The molecule has 1 saturated carbocycles. The Morgan fingerprint density at radius 2 is 1.91 bits per heavy atom. The first kappa shape index (κ1) is 23.1. The quantitative estimate of drug-likeness (QED) is 0.720. The van der Waals surface area contributed by atoms with Crippen molar-refractivity contribution in [2.45, 2.75) is 65.1 Å². The van der Waals surface area contributed by atoms with Gasteiger partial charge in [0.05, 0.1) is 23.8 Å². The molecule has 1 aromatic heterocycles. The maximum atomic E-state index is 13.8. The Morgan fingerprint density at radius 3 is 2.45 bits per heavy atom. The van der Waals surface area contributed by atoms with Gasteiger partial charge in [-0.2, -0.15) is 5.10 Å². The lowest BCUT2D eigenvalue weighted by Gasteiger charge is -2.42. The van der Waals surface area contributed by atoms with Crippen LogP contribution in [0.4, 0.5) is 18.0 Å². The SMILES string of the molecule is Cc1cc(-c2nn3c(c2C(N)=O)CN(C(=O)NC2CC(F)(F)C2)CC3C(C)(C)C)ccc1F. The van der Waals surface area contributed by atoms with Gasteiger partial charge in [-0.25, -0.2) is 18.0 Å². The monoisotopic (exact) mass is 463 g/mol. The van der Waals surface area contributed by atoms with Crippen LogP contribution in [0, 0.1) is 18.2 Å². The summed E-state index contributed by atoms with van der Waals surface area (Å²) < 4.78 is 42.0. The summed E-state index contributed by atoms with van der Waals surface area (Å²) in [5, 5.41) is 7.36. The number of amides is 3. The summed E-state index contributed by atoms with van der Waals surface area (Å²) in [5.74, 6) is -3.82. The zero-order valence-corrected chi connectivity index (χ0v) is 19.1. The van der Waals surface area contributed by atoms with E-state index in [1.54, 1.807) is 17.7 Å². The van der Waals surface area contributed by atoms with Crippen molar-refractivity contribution in [2.75, 3.05) is 6.54 Å². The normalized spacial score (nSPS) is 20.2. The Hall–Kier alpha value is -3.04. The maximum Gasteiger partial charge on any atom is 0.318 e. The third-order valence-electron chi connectivity index (χ3n) is 6.42. The zero-order chi connectivity index (χ0) is 24.3. The summed E-state index contributed by atoms with van der Waals surface area (Å²) in [5.41, 5.74) is 7.30. The van der Waals surface area contributed by atoms with E-state index in [0.29, 0.717) is 22.5 Å². The summed E-state index contributed by atoms with van der Waals surface area (Å²) >= 11 is 0. The fraction of sp³-hybridized carbons (Fsp3) is 0.522. The molecule has 0 radical (unpaired) electrons. The molecule has 1 atom stereocenters. The third-order valence-corrected chi connectivity index (χ3v) is 6.42. The molecule has 2 aliphatic rings. The predicted molar refractivity (Wildman–Crippen MR) is 116 cm³/mol. The number of benzene rings is 1. The van der Waals surface area contributed by atoms with Gasteiger partial charge in [-0.3, -0.25) is 9.48 Å². The molecule has 2 heterocycles. The summed E-state index contributed by atoms with van der Waals surface area (Å²) in [6, 6.07) is 3.10. The molecule has 33 heavy (non-hydrogen) atoms. The van der Waals surface area contributed by atoms with Crippen LogP contribution < -0.4 is 11.1 Å². The molecule has 0 bridgehead atoms.